The van der Waals surface area contributed by atoms with Gasteiger partial charge >= 0.3 is 0 Å². The fourth-order valence-corrected chi connectivity index (χ4v) is 4.56. The minimum absolute atomic E-state index is 0.135. The Morgan fingerprint density at radius 1 is 1.17 bits per heavy atom. The lowest BCUT2D eigenvalue weighted by atomic mass is 10.1. The molecule has 0 radical (unpaired) electrons. The van der Waals surface area contributed by atoms with Crippen molar-refractivity contribution in [1.82, 2.24) is 0 Å². The molecule has 2 aromatic rings. The Balaban J connectivity index is 1.65. The van der Waals surface area contributed by atoms with Crippen molar-refractivity contribution >= 4 is 23.2 Å². The molecule has 0 aromatic heterocycles. The van der Waals surface area contributed by atoms with Gasteiger partial charge in [-0.2, -0.15) is 5.26 Å². The maximum absolute atomic E-state index is 12.9. The minimum atomic E-state index is -0.135. The van der Waals surface area contributed by atoms with Gasteiger partial charge in [-0.3, -0.25) is 4.79 Å². The van der Waals surface area contributed by atoms with Crippen molar-refractivity contribution < 1.29 is 19.2 Å². The van der Waals surface area contributed by atoms with Crippen LogP contribution in [0.1, 0.15) is 5.56 Å². The van der Waals surface area contributed by atoms with Crippen molar-refractivity contribution in [2.45, 2.75) is 11.3 Å². The maximum atomic E-state index is 12.9. The third-order valence-electron chi connectivity index (χ3n) is 5.09. The van der Waals surface area contributed by atoms with Crippen LogP contribution < -0.4 is 19.3 Å². The zero-order chi connectivity index (χ0) is 21.7. The largest absolute Gasteiger partial charge is 0.493 e. The van der Waals surface area contributed by atoms with Crippen molar-refractivity contribution in [3.05, 3.63) is 58.6 Å². The van der Waals surface area contributed by atoms with Gasteiger partial charge in [0.2, 0.25) is 5.78 Å². The molecule has 1 heterocycles. The number of hydrogen-bond acceptors (Lipinski definition) is 6. The van der Waals surface area contributed by atoms with Crippen LogP contribution >= 0.6 is 11.8 Å². The number of ether oxygens (including phenoxy) is 2. The minimum Gasteiger partial charge on any atom is -0.493 e. The van der Waals surface area contributed by atoms with Gasteiger partial charge in [0.05, 0.1) is 33.5 Å². The predicted octanol–water partition coefficient (Wildman–Crippen LogP) is 2.31. The number of Topliss-reactive ketones (excluding diaryl/α,β-unsaturated/α-hetero) is 1. The number of quaternary nitrogens is 1. The molecule has 1 N–H and O–H groups in total. The summed E-state index contributed by atoms with van der Waals surface area (Å²) < 4.78 is 10.6. The number of likely N-dealkylation sites (N-methyl/N-ethyl adjacent to an activating group) is 1. The van der Waals surface area contributed by atoms with Crippen molar-refractivity contribution in [3.8, 4) is 17.6 Å². The molecule has 0 aliphatic carbocycles. The summed E-state index contributed by atoms with van der Waals surface area (Å²) in [5.41, 5.74) is 2.36. The van der Waals surface area contributed by atoms with Crippen LogP contribution in [-0.2, 0) is 11.2 Å². The van der Waals surface area contributed by atoms with E-state index in [4.69, 9.17) is 9.47 Å². The van der Waals surface area contributed by atoms with Gasteiger partial charge < -0.3 is 19.3 Å². The number of nitrogens with one attached hydrogen (secondary N) is 1. The first-order valence-electron chi connectivity index (χ1n) is 9.68. The molecule has 1 aliphatic rings. The molecule has 0 fully saturated rings. The number of anilines is 1. The second-order valence-corrected chi connectivity index (χ2v) is 8.20. The number of ketones is 1. The highest BCUT2D eigenvalue weighted by molar-refractivity contribution is 8.03. The van der Waals surface area contributed by atoms with Crippen molar-refractivity contribution in [2.75, 3.05) is 46.3 Å². The van der Waals surface area contributed by atoms with Crippen molar-refractivity contribution in [2.24, 2.45) is 0 Å². The van der Waals surface area contributed by atoms with E-state index in [-0.39, 0.29) is 17.9 Å². The fourth-order valence-electron chi connectivity index (χ4n) is 3.40. The Kier molecular flexibility index (Phi) is 7.03. The Labute approximate surface area is 181 Å². The van der Waals surface area contributed by atoms with E-state index in [1.54, 1.807) is 14.2 Å². The number of carbonyl (C=O) groups excluding carboxylic acids is 1. The summed E-state index contributed by atoms with van der Waals surface area (Å²) in [7, 11) is 7.09. The average Bonchev–Trinajstić information content (AvgIpc) is 3.09. The van der Waals surface area contributed by atoms with E-state index in [0.29, 0.717) is 16.5 Å². The fraction of sp³-hybridized carbons (Fsp3) is 0.304. The molecule has 1 aliphatic heterocycles. The number of thioether (sulfide) groups is 1. The molecule has 1 unspecified atom stereocenters. The molecular formula is C23H26N3O3S+. The van der Waals surface area contributed by atoms with Crippen molar-refractivity contribution in [1.29, 1.82) is 5.26 Å². The van der Waals surface area contributed by atoms with Gasteiger partial charge in [0, 0.05) is 18.4 Å². The Hall–Kier alpha value is -2.95. The number of fused-ring (bicyclic) bond motifs is 1. The Morgan fingerprint density at radius 2 is 1.90 bits per heavy atom. The quantitative estimate of drug-likeness (QED) is 0.518. The molecule has 0 amide bonds. The van der Waals surface area contributed by atoms with E-state index >= 15 is 0 Å². The number of methoxy groups -OCH3 is 2. The number of nitriles is 1. The summed E-state index contributed by atoms with van der Waals surface area (Å²) in [6.07, 6.45) is 0.790. The highest BCUT2D eigenvalue weighted by atomic mass is 32.2. The first-order chi connectivity index (χ1) is 14.5. The molecular weight excluding hydrogens is 398 g/mol. The van der Waals surface area contributed by atoms with Gasteiger partial charge in [-0.25, -0.2) is 0 Å². The zero-order valence-corrected chi connectivity index (χ0v) is 18.5. The molecule has 0 spiro atoms. The number of benzene rings is 2. The second kappa shape index (κ2) is 9.70. The van der Waals surface area contributed by atoms with Crippen LogP contribution in [0.2, 0.25) is 0 Å². The highest BCUT2D eigenvalue weighted by Gasteiger charge is 2.28. The molecule has 7 heteroatoms. The van der Waals surface area contributed by atoms with Gasteiger partial charge in [0.1, 0.15) is 23.2 Å². The molecule has 2 aromatic carbocycles. The van der Waals surface area contributed by atoms with Gasteiger partial charge in [0.15, 0.2) is 11.5 Å². The van der Waals surface area contributed by atoms with Crippen LogP contribution in [0.4, 0.5) is 5.69 Å². The average molecular weight is 425 g/mol. The van der Waals surface area contributed by atoms with E-state index in [2.05, 4.69) is 6.07 Å². The monoisotopic (exact) mass is 424 g/mol. The number of nitrogens with zero attached hydrogens (tertiary/aromatic N) is 2. The van der Waals surface area contributed by atoms with E-state index < -0.39 is 0 Å². The Bertz CT molecular complexity index is 1010. The van der Waals surface area contributed by atoms with Crippen LogP contribution in [0, 0.1) is 11.3 Å². The first kappa shape index (κ1) is 21.8. The Morgan fingerprint density at radius 3 is 2.57 bits per heavy atom. The normalized spacial score (nSPS) is 15.2. The predicted molar refractivity (Wildman–Crippen MR) is 118 cm³/mol. The van der Waals surface area contributed by atoms with Gasteiger partial charge in [-0.05, 0) is 29.8 Å². The van der Waals surface area contributed by atoms with Gasteiger partial charge in [-0.15, -0.1) is 0 Å². The van der Waals surface area contributed by atoms with Crippen LogP contribution in [0.3, 0.4) is 0 Å². The van der Waals surface area contributed by atoms with Crippen molar-refractivity contribution in [3.63, 3.8) is 0 Å². The number of para-hydroxylation sites is 1. The molecule has 3 rings (SSSR count). The molecule has 1 atom stereocenters. The third-order valence-corrected chi connectivity index (χ3v) is 6.33. The summed E-state index contributed by atoms with van der Waals surface area (Å²) >= 11 is 1.48. The molecule has 0 saturated heterocycles. The van der Waals surface area contributed by atoms with Crippen LogP contribution in [0.25, 0.3) is 0 Å². The number of rotatable bonds is 8. The number of carbonyl (C=O) groups is 1. The topological polar surface area (TPSA) is 67.0 Å². The SMILES string of the molecule is COc1ccc(CC[NH+](C)CC(=O)/C(C#N)=C2\Sc3ccccc3N2C)cc1OC. The smallest absolute Gasteiger partial charge is 0.230 e. The maximum Gasteiger partial charge on any atom is 0.230 e. The summed E-state index contributed by atoms with van der Waals surface area (Å²) in [6.45, 7) is 1.03. The van der Waals surface area contributed by atoms with Gasteiger partial charge in [-0.1, -0.05) is 30.0 Å². The molecule has 0 bridgehead atoms. The lowest BCUT2D eigenvalue weighted by Gasteiger charge is -2.17. The lowest BCUT2D eigenvalue weighted by Crippen LogP contribution is -3.10. The van der Waals surface area contributed by atoms with Crippen LogP contribution in [0.15, 0.2) is 58.0 Å². The standard InChI is InChI=1S/C23H25N3O3S/c1-25(12-11-16-9-10-20(28-3)21(13-16)29-4)15-19(27)17(14-24)23-26(2)18-7-5-6-8-22(18)30-23/h5-10,13H,11-12,15H2,1-4H3/p+1/b23-17-. The molecule has 30 heavy (non-hydrogen) atoms. The summed E-state index contributed by atoms with van der Waals surface area (Å²) in [6, 6.07) is 15.9. The third kappa shape index (κ3) is 4.61. The first-order valence-corrected chi connectivity index (χ1v) is 10.5. The van der Waals surface area contributed by atoms with Crippen LogP contribution in [-0.4, -0.2) is 47.2 Å². The summed E-state index contributed by atoms with van der Waals surface area (Å²) in [4.78, 5) is 16.9. The summed E-state index contributed by atoms with van der Waals surface area (Å²) in [5, 5.41) is 10.4. The zero-order valence-electron chi connectivity index (χ0n) is 17.7. The second-order valence-electron chi connectivity index (χ2n) is 7.17. The molecule has 156 valence electrons. The van der Waals surface area contributed by atoms with E-state index in [0.717, 1.165) is 34.0 Å². The number of hydrogen-bond donors (Lipinski definition) is 1. The van der Waals surface area contributed by atoms with E-state index in [1.807, 2.05) is 61.5 Å². The summed E-state index contributed by atoms with van der Waals surface area (Å²) in [5.74, 6) is 1.26. The van der Waals surface area contributed by atoms with E-state index in [9.17, 15) is 10.1 Å². The molecule has 6 nitrogen and oxygen atoms in total. The lowest BCUT2D eigenvalue weighted by molar-refractivity contribution is -0.870. The molecule has 0 saturated carbocycles. The van der Waals surface area contributed by atoms with E-state index in [1.165, 1.54) is 11.8 Å². The highest BCUT2D eigenvalue weighted by Crippen LogP contribution is 2.45. The van der Waals surface area contributed by atoms with Crippen LogP contribution in [0.5, 0.6) is 11.5 Å². The van der Waals surface area contributed by atoms with Gasteiger partial charge in [0.25, 0.3) is 0 Å².